The number of methoxy groups -OCH3 is 1. The summed E-state index contributed by atoms with van der Waals surface area (Å²) in [5.74, 6) is -1.24. The van der Waals surface area contributed by atoms with Crippen molar-refractivity contribution in [3.05, 3.63) is 35.2 Å². The Hall–Kier alpha value is -2.92. The van der Waals surface area contributed by atoms with Gasteiger partial charge in [0.05, 0.1) is 29.7 Å². The molecule has 1 aliphatic carbocycles. The van der Waals surface area contributed by atoms with E-state index in [2.05, 4.69) is 15.1 Å². The number of nitrogens with one attached hydrogen (secondary N) is 2. The minimum absolute atomic E-state index is 0.00893. The van der Waals surface area contributed by atoms with Gasteiger partial charge in [0, 0.05) is 13.1 Å². The van der Waals surface area contributed by atoms with E-state index in [1.54, 1.807) is 25.6 Å². The second-order valence-electron chi connectivity index (χ2n) is 7.47. The molecule has 2 aromatic rings. The normalized spacial score (nSPS) is 14.7. The fourth-order valence-corrected chi connectivity index (χ4v) is 4.46. The van der Waals surface area contributed by atoms with Gasteiger partial charge >= 0.3 is 5.97 Å². The van der Waals surface area contributed by atoms with Crippen LogP contribution in [0.2, 0.25) is 0 Å². The molecule has 1 atom stereocenters. The first kappa shape index (κ1) is 22.8. The standard InChI is InChI=1S/C20H26N4O6S/c1-11-18(12(2)24(4)22-11)21-19(25)13(3)30-20(26)14-6-9-16(29-5)17(10-14)31(27,28)23-15-7-8-15/h6,9-10,13,15,23H,7-8H2,1-5H3,(H,21,25)/t13-/m1/s1. The molecule has 3 rings (SSSR count). The van der Waals surface area contributed by atoms with Gasteiger partial charge in [0.1, 0.15) is 10.6 Å². The zero-order chi connectivity index (χ0) is 22.9. The van der Waals surface area contributed by atoms with Gasteiger partial charge in [0.2, 0.25) is 10.0 Å². The second-order valence-corrected chi connectivity index (χ2v) is 9.15. The Morgan fingerprint density at radius 2 is 1.94 bits per heavy atom. The number of nitrogens with zero attached hydrogens (tertiary/aromatic N) is 2. The fraction of sp³-hybridized carbons (Fsp3) is 0.450. The zero-order valence-electron chi connectivity index (χ0n) is 18.1. The molecule has 1 aromatic heterocycles. The summed E-state index contributed by atoms with van der Waals surface area (Å²) in [6.45, 7) is 5.00. The molecule has 0 radical (unpaired) electrons. The Labute approximate surface area is 181 Å². The number of aryl methyl sites for hydroxylation is 2. The Morgan fingerprint density at radius 1 is 1.26 bits per heavy atom. The summed E-state index contributed by atoms with van der Waals surface area (Å²) < 4.78 is 39.8. The van der Waals surface area contributed by atoms with E-state index in [-0.39, 0.29) is 22.3 Å². The first-order valence-electron chi connectivity index (χ1n) is 9.76. The Balaban J connectivity index is 1.74. The number of ether oxygens (including phenoxy) is 2. The zero-order valence-corrected chi connectivity index (χ0v) is 18.9. The van der Waals surface area contributed by atoms with Crippen LogP contribution in [0.25, 0.3) is 0 Å². The van der Waals surface area contributed by atoms with E-state index in [1.807, 2.05) is 0 Å². The quantitative estimate of drug-likeness (QED) is 0.585. The summed E-state index contributed by atoms with van der Waals surface area (Å²) in [5, 5.41) is 6.94. The van der Waals surface area contributed by atoms with E-state index >= 15 is 0 Å². The van der Waals surface area contributed by atoms with Crippen LogP contribution < -0.4 is 14.8 Å². The maximum Gasteiger partial charge on any atom is 0.338 e. The highest BCUT2D eigenvalue weighted by molar-refractivity contribution is 7.89. The van der Waals surface area contributed by atoms with Gasteiger partial charge in [-0.3, -0.25) is 9.48 Å². The van der Waals surface area contributed by atoms with Crippen LogP contribution in [-0.4, -0.2) is 49.3 Å². The van der Waals surface area contributed by atoms with Crippen LogP contribution in [0.15, 0.2) is 23.1 Å². The van der Waals surface area contributed by atoms with Gasteiger partial charge in [-0.15, -0.1) is 0 Å². The molecule has 10 nitrogen and oxygen atoms in total. The van der Waals surface area contributed by atoms with Gasteiger partial charge in [-0.1, -0.05) is 0 Å². The van der Waals surface area contributed by atoms with E-state index in [0.717, 1.165) is 18.5 Å². The number of amides is 1. The lowest BCUT2D eigenvalue weighted by Crippen LogP contribution is -2.30. The summed E-state index contributed by atoms with van der Waals surface area (Å²) in [6, 6.07) is 3.85. The van der Waals surface area contributed by atoms with Crippen LogP contribution in [0, 0.1) is 13.8 Å². The first-order valence-corrected chi connectivity index (χ1v) is 11.2. The average molecular weight is 451 g/mol. The third-order valence-electron chi connectivity index (χ3n) is 5.00. The Kier molecular flexibility index (Phi) is 6.37. The SMILES string of the molecule is COc1ccc(C(=O)O[C@H](C)C(=O)Nc2c(C)nn(C)c2C)cc1S(=O)(=O)NC1CC1. The van der Waals surface area contributed by atoms with Crippen LogP contribution >= 0.6 is 0 Å². The lowest BCUT2D eigenvalue weighted by molar-refractivity contribution is -0.123. The molecule has 168 valence electrons. The third-order valence-corrected chi connectivity index (χ3v) is 6.54. The molecule has 0 bridgehead atoms. The molecule has 1 fully saturated rings. The highest BCUT2D eigenvalue weighted by Crippen LogP contribution is 2.28. The highest BCUT2D eigenvalue weighted by Gasteiger charge is 2.31. The van der Waals surface area contributed by atoms with Crippen molar-refractivity contribution in [3.63, 3.8) is 0 Å². The predicted octanol–water partition coefficient (Wildman–Crippen LogP) is 1.67. The predicted molar refractivity (Wildman–Crippen MR) is 113 cm³/mol. The molecule has 0 saturated heterocycles. The third kappa shape index (κ3) is 5.05. The summed E-state index contributed by atoms with van der Waals surface area (Å²) >= 11 is 0. The van der Waals surface area contributed by atoms with Crippen molar-refractivity contribution in [3.8, 4) is 5.75 Å². The van der Waals surface area contributed by atoms with Crippen LogP contribution in [0.1, 0.15) is 41.5 Å². The number of anilines is 1. The van der Waals surface area contributed by atoms with Crippen LogP contribution in [0.4, 0.5) is 5.69 Å². The van der Waals surface area contributed by atoms with E-state index in [1.165, 1.54) is 32.2 Å². The van der Waals surface area contributed by atoms with Crippen molar-refractivity contribution in [2.75, 3.05) is 12.4 Å². The molecule has 1 amide bonds. The topological polar surface area (TPSA) is 129 Å². The van der Waals surface area contributed by atoms with Crippen molar-refractivity contribution >= 4 is 27.6 Å². The number of carbonyl (C=O) groups is 2. The van der Waals surface area contributed by atoms with Gasteiger partial charge < -0.3 is 14.8 Å². The van der Waals surface area contributed by atoms with Crippen molar-refractivity contribution in [1.82, 2.24) is 14.5 Å². The lowest BCUT2D eigenvalue weighted by atomic mass is 10.2. The number of hydrogen-bond acceptors (Lipinski definition) is 7. The molecule has 1 saturated carbocycles. The van der Waals surface area contributed by atoms with Gasteiger partial charge in [0.25, 0.3) is 5.91 Å². The van der Waals surface area contributed by atoms with Gasteiger partial charge in [-0.2, -0.15) is 5.10 Å². The van der Waals surface area contributed by atoms with Gasteiger partial charge in [0.15, 0.2) is 6.10 Å². The van der Waals surface area contributed by atoms with Crippen LogP contribution in [0.3, 0.4) is 0 Å². The fourth-order valence-electron chi connectivity index (χ4n) is 2.96. The summed E-state index contributed by atoms with van der Waals surface area (Å²) in [6.07, 6.45) is 0.427. The van der Waals surface area contributed by atoms with Crippen molar-refractivity contribution in [2.24, 2.45) is 7.05 Å². The Morgan fingerprint density at radius 3 is 2.48 bits per heavy atom. The molecule has 1 aromatic carbocycles. The molecule has 0 spiro atoms. The van der Waals surface area contributed by atoms with E-state index in [4.69, 9.17) is 9.47 Å². The molecule has 1 aliphatic rings. The number of rotatable bonds is 8. The molecule has 11 heteroatoms. The van der Waals surface area contributed by atoms with Gasteiger partial charge in [-0.05, 0) is 51.8 Å². The number of carbonyl (C=O) groups excluding carboxylic acids is 2. The average Bonchev–Trinajstić information content (AvgIpc) is 3.49. The number of esters is 1. The number of sulfonamides is 1. The van der Waals surface area contributed by atoms with E-state index < -0.39 is 28.0 Å². The van der Waals surface area contributed by atoms with Crippen molar-refractivity contribution in [2.45, 2.75) is 50.7 Å². The number of hydrogen-bond donors (Lipinski definition) is 2. The molecule has 1 heterocycles. The molecule has 0 aliphatic heterocycles. The maximum atomic E-state index is 12.6. The lowest BCUT2D eigenvalue weighted by Gasteiger charge is -2.15. The maximum absolute atomic E-state index is 12.6. The Bertz CT molecular complexity index is 1120. The number of aromatic nitrogens is 2. The second kappa shape index (κ2) is 8.67. The largest absolute Gasteiger partial charge is 0.495 e. The van der Waals surface area contributed by atoms with Crippen molar-refractivity contribution < 1.29 is 27.5 Å². The smallest absolute Gasteiger partial charge is 0.338 e. The highest BCUT2D eigenvalue weighted by atomic mass is 32.2. The molecular formula is C20H26N4O6S. The van der Waals surface area contributed by atoms with Crippen LogP contribution in [0.5, 0.6) is 5.75 Å². The molecular weight excluding hydrogens is 424 g/mol. The minimum Gasteiger partial charge on any atom is -0.495 e. The first-order chi connectivity index (χ1) is 14.5. The minimum atomic E-state index is -3.86. The number of benzene rings is 1. The monoisotopic (exact) mass is 450 g/mol. The summed E-state index contributed by atoms with van der Waals surface area (Å²) in [4.78, 5) is 24.9. The van der Waals surface area contributed by atoms with Crippen LogP contribution in [-0.2, 0) is 26.6 Å². The molecule has 0 unspecified atom stereocenters. The van der Waals surface area contributed by atoms with Crippen molar-refractivity contribution in [1.29, 1.82) is 0 Å². The van der Waals surface area contributed by atoms with E-state index in [0.29, 0.717) is 11.4 Å². The van der Waals surface area contributed by atoms with E-state index in [9.17, 15) is 18.0 Å². The summed E-state index contributed by atoms with van der Waals surface area (Å²) in [7, 11) is -0.756. The summed E-state index contributed by atoms with van der Waals surface area (Å²) in [5.41, 5.74) is 1.95. The molecule has 2 N–H and O–H groups in total. The molecule has 31 heavy (non-hydrogen) atoms. The van der Waals surface area contributed by atoms with Gasteiger partial charge in [-0.25, -0.2) is 17.9 Å².